The Morgan fingerprint density at radius 3 is 2.75 bits per heavy atom. The first-order valence-corrected chi connectivity index (χ1v) is 11.6. The standard InChI is InChI=1S/C28H29N3O5/c1-4-8-20-13-19(15-25(34-3)27(20)36-18-26(32)35-5-2)14-22(16-29)28(33)30-12-11-21-17-31-24-10-7-6-9-23(21)24/h4,6-7,9-10,13-15,17,31H,1,5,8,11-12,18H2,2-3H3,(H,30,33)/b22-14-. The van der Waals surface area contributed by atoms with Gasteiger partial charge >= 0.3 is 5.97 Å². The molecule has 0 aliphatic carbocycles. The molecule has 186 valence electrons. The highest BCUT2D eigenvalue weighted by Gasteiger charge is 2.16. The molecule has 8 heteroatoms. The lowest BCUT2D eigenvalue weighted by Crippen LogP contribution is -2.26. The number of carbonyl (C=O) groups is 2. The summed E-state index contributed by atoms with van der Waals surface area (Å²) < 4.78 is 16.0. The van der Waals surface area contributed by atoms with Crippen molar-refractivity contribution in [3.05, 3.63) is 77.5 Å². The summed E-state index contributed by atoms with van der Waals surface area (Å²) in [4.78, 5) is 27.7. The maximum absolute atomic E-state index is 12.7. The molecule has 8 nitrogen and oxygen atoms in total. The second-order valence-electron chi connectivity index (χ2n) is 7.83. The Labute approximate surface area is 210 Å². The topological polar surface area (TPSA) is 113 Å². The van der Waals surface area contributed by atoms with E-state index in [2.05, 4.69) is 16.9 Å². The van der Waals surface area contributed by atoms with Crippen LogP contribution >= 0.6 is 0 Å². The van der Waals surface area contributed by atoms with Gasteiger partial charge in [0.25, 0.3) is 5.91 Å². The largest absolute Gasteiger partial charge is 0.493 e. The zero-order chi connectivity index (χ0) is 25.9. The molecule has 1 heterocycles. The number of para-hydroxylation sites is 1. The van der Waals surface area contributed by atoms with Crippen molar-refractivity contribution in [2.45, 2.75) is 19.8 Å². The van der Waals surface area contributed by atoms with Crippen LogP contribution in [-0.4, -0.2) is 43.7 Å². The zero-order valence-corrected chi connectivity index (χ0v) is 20.4. The number of amides is 1. The first kappa shape index (κ1) is 26.1. The van der Waals surface area contributed by atoms with Crippen LogP contribution in [0.1, 0.15) is 23.6 Å². The van der Waals surface area contributed by atoms with E-state index in [0.717, 1.165) is 16.5 Å². The molecule has 3 aromatic rings. The lowest BCUT2D eigenvalue weighted by Gasteiger charge is -2.15. The summed E-state index contributed by atoms with van der Waals surface area (Å²) in [5, 5.41) is 13.5. The van der Waals surface area contributed by atoms with Gasteiger partial charge in [0.2, 0.25) is 0 Å². The quantitative estimate of drug-likeness (QED) is 0.172. The minimum Gasteiger partial charge on any atom is -0.493 e. The number of hydrogen-bond acceptors (Lipinski definition) is 6. The summed E-state index contributed by atoms with van der Waals surface area (Å²) in [7, 11) is 1.47. The average molecular weight is 488 g/mol. The number of hydrogen-bond donors (Lipinski definition) is 2. The maximum atomic E-state index is 12.7. The maximum Gasteiger partial charge on any atom is 0.344 e. The second kappa shape index (κ2) is 12.8. The number of nitrogens with one attached hydrogen (secondary N) is 2. The van der Waals surface area contributed by atoms with E-state index in [-0.39, 0.29) is 18.8 Å². The fraction of sp³-hybridized carbons (Fsp3) is 0.250. The van der Waals surface area contributed by atoms with Gasteiger partial charge in [-0.15, -0.1) is 6.58 Å². The molecule has 0 aliphatic heterocycles. The number of fused-ring (bicyclic) bond motifs is 1. The van der Waals surface area contributed by atoms with Crippen molar-refractivity contribution < 1.29 is 23.8 Å². The van der Waals surface area contributed by atoms with Gasteiger partial charge in [-0.1, -0.05) is 24.3 Å². The van der Waals surface area contributed by atoms with Crippen molar-refractivity contribution in [2.24, 2.45) is 0 Å². The Morgan fingerprint density at radius 2 is 2.03 bits per heavy atom. The second-order valence-corrected chi connectivity index (χ2v) is 7.83. The van der Waals surface area contributed by atoms with Gasteiger partial charge in [-0.3, -0.25) is 4.79 Å². The van der Waals surface area contributed by atoms with Gasteiger partial charge in [0, 0.05) is 29.2 Å². The SMILES string of the molecule is C=CCc1cc(/C=C(/C#N)C(=O)NCCc2c[nH]c3ccccc23)cc(OC)c1OCC(=O)OCC. The smallest absolute Gasteiger partial charge is 0.344 e. The Hall–Kier alpha value is -4.51. The van der Waals surface area contributed by atoms with E-state index in [4.69, 9.17) is 14.2 Å². The third-order valence-corrected chi connectivity index (χ3v) is 5.41. The Bertz CT molecular complexity index is 1320. The molecular formula is C28H29N3O5. The molecule has 0 radical (unpaired) electrons. The number of esters is 1. The third-order valence-electron chi connectivity index (χ3n) is 5.41. The summed E-state index contributed by atoms with van der Waals surface area (Å²) in [5.74, 6) is -0.223. The minimum absolute atomic E-state index is 0.0410. The number of allylic oxidation sites excluding steroid dienone is 1. The van der Waals surface area contributed by atoms with Gasteiger partial charge in [0.15, 0.2) is 18.1 Å². The Balaban J connectivity index is 1.75. The van der Waals surface area contributed by atoms with E-state index in [1.807, 2.05) is 36.5 Å². The molecule has 0 saturated heterocycles. The van der Waals surface area contributed by atoms with Gasteiger partial charge < -0.3 is 24.5 Å². The average Bonchev–Trinajstić information content (AvgIpc) is 3.29. The number of aromatic amines is 1. The van der Waals surface area contributed by atoms with Gasteiger partial charge in [-0.25, -0.2) is 4.79 Å². The molecule has 0 saturated carbocycles. The number of benzene rings is 2. The summed E-state index contributed by atoms with van der Waals surface area (Å²) in [6.07, 6.45) is 6.15. The number of methoxy groups -OCH3 is 1. The van der Waals surface area contributed by atoms with Crippen LogP contribution in [-0.2, 0) is 27.2 Å². The Kier molecular flexibility index (Phi) is 9.29. The van der Waals surface area contributed by atoms with Gasteiger partial charge in [-0.2, -0.15) is 5.26 Å². The van der Waals surface area contributed by atoms with Gasteiger partial charge in [0.05, 0.1) is 13.7 Å². The molecule has 0 bridgehead atoms. The van der Waals surface area contributed by atoms with Crippen LogP contribution in [0.4, 0.5) is 0 Å². The van der Waals surface area contributed by atoms with E-state index in [9.17, 15) is 14.9 Å². The molecule has 1 aromatic heterocycles. The van der Waals surface area contributed by atoms with Crippen LogP contribution in [0.5, 0.6) is 11.5 Å². The molecular weight excluding hydrogens is 458 g/mol. The molecule has 3 rings (SSSR count). The highest BCUT2D eigenvalue weighted by Crippen LogP contribution is 2.34. The van der Waals surface area contributed by atoms with E-state index >= 15 is 0 Å². The molecule has 0 atom stereocenters. The van der Waals surface area contributed by atoms with E-state index in [0.29, 0.717) is 42.0 Å². The number of nitriles is 1. The predicted molar refractivity (Wildman–Crippen MR) is 138 cm³/mol. The van der Waals surface area contributed by atoms with Crippen molar-refractivity contribution in [1.29, 1.82) is 5.26 Å². The molecule has 2 N–H and O–H groups in total. The minimum atomic E-state index is -0.496. The van der Waals surface area contributed by atoms with Gasteiger partial charge in [-0.05, 0) is 55.2 Å². The highest BCUT2D eigenvalue weighted by molar-refractivity contribution is 6.01. The summed E-state index contributed by atoms with van der Waals surface area (Å²) in [6.45, 7) is 5.84. The number of H-pyrrole nitrogens is 1. The van der Waals surface area contributed by atoms with E-state index < -0.39 is 11.9 Å². The van der Waals surface area contributed by atoms with Crippen LogP contribution in [0, 0.1) is 11.3 Å². The van der Waals surface area contributed by atoms with Crippen molar-refractivity contribution in [1.82, 2.24) is 10.3 Å². The van der Waals surface area contributed by atoms with Crippen LogP contribution in [0.3, 0.4) is 0 Å². The molecule has 0 fully saturated rings. The number of carbonyl (C=O) groups excluding carboxylic acids is 2. The monoisotopic (exact) mass is 487 g/mol. The van der Waals surface area contributed by atoms with E-state index in [1.165, 1.54) is 13.2 Å². The lowest BCUT2D eigenvalue weighted by atomic mass is 10.0. The number of aromatic nitrogens is 1. The first-order chi connectivity index (χ1) is 17.5. The summed E-state index contributed by atoms with van der Waals surface area (Å²) in [6, 6.07) is 13.3. The molecule has 0 aliphatic rings. The highest BCUT2D eigenvalue weighted by atomic mass is 16.6. The first-order valence-electron chi connectivity index (χ1n) is 11.6. The van der Waals surface area contributed by atoms with Crippen LogP contribution < -0.4 is 14.8 Å². The fourth-order valence-corrected chi connectivity index (χ4v) is 3.78. The van der Waals surface area contributed by atoms with Crippen molar-refractivity contribution >= 4 is 28.9 Å². The fourth-order valence-electron chi connectivity index (χ4n) is 3.78. The number of ether oxygens (including phenoxy) is 3. The van der Waals surface area contributed by atoms with Gasteiger partial charge in [0.1, 0.15) is 11.6 Å². The van der Waals surface area contributed by atoms with E-state index in [1.54, 1.807) is 25.1 Å². The Morgan fingerprint density at radius 1 is 1.22 bits per heavy atom. The van der Waals surface area contributed by atoms with Crippen LogP contribution in [0.2, 0.25) is 0 Å². The molecule has 1 amide bonds. The van der Waals surface area contributed by atoms with Crippen molar-refractivity contribution in [3.8, 4) is 17.6 Å². The van der Waals surface area contributed by atoms with Crippen molar-refractivity contribution in [3.63, 3.8) is 0 Å². The molecule has 0 spiro atoms. The van der Waals surface area contributed by atoms with Crippen LogP contribution in [0.15, 0.2) is 60.8 Å². The predicted octanol–water partition coefficient (Wildman–Crippen LogP) is 4.11. The summed E-state index contributed by atoms with van der Waals surface area (Å²) >= 11 is 0. The molecule has 0 unspecified atom stereocenters. The molecule has 36 heavy (non-hydrogen) atoms. The number of rotatable bonds is 12. The lowest BCUT2D eigenvalue weighted by molar-refractivity contribution is -0.145. The normalized spacial score (nSPS) is 11.0. The molecule has 2 aromatic carbocycles. The number of nitrogens with zero attached hydrogens (tertiary/aromatic N) is 1. The zero-order valence-electron chi connectivity index (χ0n) is 20.4. The van der Waals surface area contributed by atoms with Crippen LogP contribution in [0.25, 0.3) is 17.0 Å². The third kappa shape index (κ3) is 6.54. The van der Waals surface area contributed by atoms with Crippen molar-refractivity contribution in [2.75, 3.05) is 26.9 Å². The summed E-state index contributed by atoms with van der Waals surface area (Å²) in [5.41, 5.74) is 3.36.